The number of carbonyl (C=O) groups is 1. The van der Waals surface area contributed by atoms with E-state index in [9.17, 15) is 9.18 Å². The van der Waals surface area contributed by atoms with Gasteiger partial charge in [-0.15, -0.1) is 0 Å². The van der Waals surface area contributed by atoms with E-state index >= 15 is 0 Å². The maximum absolute atomic E-state index is 13.5. The molecule has 0 aliphatic carbocycles. The number of amides is 2. The minimum absolute atomic E-state index is 0.0123. The molecular formula is C26H31FN4O3. The van der Waals surface area contributed by atoms with E-state index in [1.54, 1.807) is 21.7 Å². The molecule has 2 aromatic carbocycles. The van der Waals surface area contributed by atoms with Crippen LogP contribution in [0.3, 0.4) is 0 Å². The second-order valence-corrected chi connectivity index (χ2v) is 8.24. The molecule has 0 radical (unpaired) electrons. The molecule has 1 aliphatic heterocycles. The third-order valence-electron chi connectivity index (χ3n) is 5.80. The van der Waals surface area contributed by atoms with Gasteiger partial charge in [-0.3, -0.25) is 0 Å². The largest absolute Gasteiger partial charge is 0.439 e. The number of aryl methyl sites for hydroxylation is 1. The van der Waals surface area contributed by atoms with Crippen molar-refractivity contribution in [3.05, 3.63) is 71.7 Å². The van der Waals surface area contributed by atoms with E-state index in [4.69, 9.17) is 14.6 Å². The van der Waals surface area contributed by atoms with Crippen LogP contribution >= 0.6 is 0 Å². The molecule has 4 rings (SSSR count). The summed E-state index contributed by atoms with van der Waals surface area (Å²) in [7, 11) is 0. The van der Waals surface area contributed by atoms with Crippen LogP contribution in [-0.2, 0) is 17.7 Å². The molecule has 1 fully saturated rings. The molecule has 7 nitrogen and oxygen atoms in total. The fourth-order valence-electron chi connectivity index (χ4n) is 4.09. The number of para-hydroxylation sites is 1. The van der Waals surface area contributed by atoms with Crippen LogP contribution < -0.4 is 10.1 Å². The van der Waals surface area contributed by atoms with Gasteiger partial charge in [0, 0.05) is 19.7 Å². The smallest absolute Gasteiger partial charge is 0.317 e. The van der Waals surface area contributed by atoms with Crippen LogP contribution in [0.15, 0.2) is 54.6 Å². The number of ether oxygens (including phenoxy) is 2. The Balaban J connectivity index is 1.74. The molecule has 0 spiro atoms. The molecule has 1 N–H and O–H groups in total. The Kier molecular flexibility index (Phi) is 7.80. The Hall–Kier alpha value is -3.39. The number of nitrogens with one attached hydrogen (secondary N) is 1. The van der Waals surface area contributed by atoms with Crippen molar-refractivity contribution in [2.75, 3.05) is 19.7 Å². The van der Waals surface area contributed by atoms with Crippen molar-refractivity contribution in [3.63, 3.8) is 0 Å². The summed E-state index contributed by atoms with van der Waals surface area (Å²) in [5.41, 5.74) is 2.49. The van der Waals surface area contributed by atoms with Crippen LogP contribution in [0, 0.1) is 5.82 Å². The van der Waals surface area contributed by atoms with E-state index in [1.165, 1.54) is 12.1 Å². The van der Waals surface area contributed by atoms with Gasteiger partial charge in [0.15, 0.2) is 0 Å². The highest BCUT2D eigenvalue weighted by molar-refractivity contribution is 5.74. The summed E-state index contributed by atoms with van der Waals surface area (Å²) >= 11 is 0. The third kappa shape index (κ3) is 5.56. The average Bonchev–Trinajstić information content (AvgIpc) is 3.49. The summed E-state index contributed by atoms with van der Waals surface area (Å²) in [6, 6.07) is 15.4. The highest BCUT2D eigenvalue weighted by atomic mass is 19.1. The van der Waals surface area contributed by atoms with E-state index in [0.717, 1.165) is 36.4 Å². The quantitative estimate of drug-likeness (QED) is 0.478. The zero-order valence-corrected chi connectivity index (χ0v) is 19.7. The summed E-state index contributed by atoms with van der Waals surface area (Å²) in [6.45, 7) is 5.98. The topological polar surface area (TPSA) is 68.6 Å². The van der Waals surface area contributed by atoms with Crippen LogP contribution in [0.4, 0.5) is 9.18 Å². The fourth-order valence-corrected chi connectivity index (χ4v) is 4.09. The Labute approximate surface area is 199 Å². The summed E-state index contributed by atoms with van der Waals surface area (Å²) in [4.78, 5) is 14.7. The van der Waals surface area contributed by atoms with E-state index in [2.05, 4.69) is 5.32 Å². The predicted molar refractivity (Wildman–Crippen MR) is 128 cm³/mol. The second kappa shape index (κ2) is 11.2. The van der Waals surface area contributed by atoms with Crippen molar-refractivity contribution in [3.8, 4) is 17.3 Å². The van der Waals surface area contributed by atoms with Crippen LogP contribution in [0.5, 0.6) is 11.6 Å². The lowest BCUT2D eigenvalue weighted by molar-refractivity contribution is 0.0793. The first-order valence-corrected chi connectivity index (χ1v) is 11.8. The van der Waals surface area contributed by atoms with E-state index < -0.39 is 0 Å². The number of urea groups is 1. The number of aromatic nitrogens is 2. The molecule has 1 aromatic heterocycles. The molecule has 1 aliphatic rings. The van der Waals surface area contributed by atoms with Gasteiger partial charge in [-0.05, 0) is 62.6 Å². The Morgan fingerprint density at radius 1 is 1.21 bits per heavy atom. The lowest BCUT2D eigenvalue weighted by atomic mass is 10.1. The van der Waals surface area contributed by atoms with Crippen LogP contribution in [0.1, 0.15) is 37.9 Å². The predicted octanol–water partition coefficient (Wildman–Crippen LogP) is 5.08. The zero-order valence-electron chi connectivity index (χ0n) is 19.7. The third-order valence-corrected chi connectivity index (χ3v) is 5.80. The number of hydrogen-bond acceptors (Lipinski definition) is 4. The average molecular weight is 467 g/mol. The fraction of sp³-hybridized carbons (Fsp3) is 0.385. The van der Waals surface area contributed by atoms with Gasteiger partial charge in [0.2, 0.25) is 5.88 Å². The minimum atomic E-state index is -0.336. The van der Waals surface area contributed by atoms with Gasteiger partial charge in [0.25, 0.3) is 0 Å². The van der Waals surface area contributed by atoms with Crippen molar-refractivity contribution < 1.29 is 18.7 Å². The van der Waals surface area contributed by atoms with Gasteiger partial charge < -0.3 is 19.7 Å². The van der Waals surface area contributed by atoms with Crippen LogP contribution in [0.25, 0.3) is 5.69 Å². The van der Waals surface area contributed by atoms with Crippen LogP contribution in [0.2, 0.25) is 0 Å². The van der Waals surface area contributed by atoms with Gasteiger partial charge >= 0.3 is 6.03 Å². The number of carbonyl (C=O) groups excluding carboxylic acids is 1. The lowest BCUT2D eigenvalue weighted by Crippen LogP contribution is -2.43. The highest BCUT2D eigenvalue weighted by Crippen LogP contribution is 2.32. The molecule has 2 heterocycles. The standard InChI is InChI=1S/C26H31FN4O3/c1-3-24-23(18-30(26(32)28-4-2)17-22-11-8-16-33-22)25(34-21-14-12-19(27)13-15-21)31(29-24)20-9-6-5-7-10-20/h5-7,9-10,12-15,22H,3-4,8,11,16-18H2,1-2H3,(H,28,32)/t22-/m0/s1. The first-order valence-electron chi connectivity index (χ1n) is 11.8. The van der Waals surface area contributed by atoms with E-state index in [1.807, 2.05) is 44.2 Å². The molecule has 2 amide bonds. The first-order chi connectivity index (χ1) is 16.6. The lowest BCUT2D eigenvalue weighted by Gasteiger charge is -2.26. The second-order valence-electron chi connectivity index (χ2n) is 8.24. The molecule has 3 aromatic rings. The molecule has 1 atom stereocenters. The molecular weight excluding hydrogens is 435 g/mol. The molecule has 34 heavy (non-hydrogen) atoms. The summed E-state index contributed by atoms with van der Waals surface area (Å²) < 4.78 is 27.3. The molecule has 180 valence electrons. The van der Waals surface area contributed by atoms with Crippen molar-refractivity contribution in [2.45, 2.75) is 45.8 Å². The number of benzene rings is 2. The summed E-state index contributed by atoms with van der Waals surface area (Å²) in [5.74, 6) is 0.666. The number of hydrogen-bond donors (Lipinski definition) is 1. The van der Waals surface area contributed by atoms with Gasteiger partial charge in [-0.2, -0.15) is 5.10 Å². The maximum Gasteiger partial charge on any atom is 0.317 e. The van der Waals surface area contributed by atoms with Crippen molar-refractivity contribution >= 4 is 6.03 Å². The Bertz CT molecular complexity index is 1080. The Morgan fingerprint density at radius 2 is 1.97 bits per heavy atom. The van der Waals surface area contributed by atoms with Crippen molar-refractivity contribution in [2.24, 2.45) is 0 Å². The normalized spacial score (nSPS) is 15.3. The number of rotatable bonds is 9. The van der Waals surface area contributed by atoms with Gasteiger partial charge in [0.1, 0.15) is 11.6 Å². The minimum Gasteiger partial charge on any atom is -0.439 e. The SMILES string of the molecule is CCNC(=O)N(Cc1c(CC)nn(-c2ccccc2)c1Oc1ccc(F)cc1)C[C@@H]1CCCO1. The van der Waals surface area contributed by atoms with Crippen molar-refractivity contribution in [1.82, 2.24) is 20.0 Å². The van der Waals surface area contributed by atoms with Gasteiger partial charge in [-0.25, -0.2) is 13.9 Å². The van der Waals surface area contributed by atoms with Gasteiger partial charge in [-0.1, -0.05) is 25.1 Å². The molecule has 8 heteroatoms. The van der Waals surface area contributed by atoms with Crippen LogP contribution in [-0.4, -0.2) is 46.5 Å². The van der Waals surface area contributed by atoms with E-state index in [-0.39, 0.29) is 18.0 Å². The monoisotopic (exact) mass is 466 g/mol. The molecule has 0 bridgehead atoms. The first kappa shape index (κ1) is 23.8. The molecule has 1 saturated heterocycles. The summed E-state index contributed by atoms with van der Waals surface area (Å²) in [5, 5.41) is 7.74. The van der Waals surface area contributed by atoms with E-state index in [0.29, 0.717) is 37.7 Å². The summed E-state index contributed by atoms with van der Waals surface area (Å²) in [6.07, 6.45) is 2.61. The maximum atomic E-state index is 13.5. The molecule has 0 unspecified atom stereocenters. The Morgan fingerprint density at radius 3 is 2.62 bits per heavy atom. The molecule has 0 saturated carbocycles. The number of nitrogens with zero attached hydrogens (tertiary/aromatic N) is 3. The zero-order chi connectivity index (χ0) is 23.9. The number of halogens is 1. The van der Waals surface area contributed by atoms with Gasteiger partial charge in [0.05, 0.1) is 29.6 Å². The highest BCUT2D eigenvalue weighted by Gasteiger charge is 2.27. The van der Waals surface area contributed by atoms with Crippen molar-refractivity contribution in [1.29, 1.82) is 0 Å².